The van der Waals surface area contributed by atoms with E-state index in [0.29, 0.717) is 16.0 Å². The molecule has 2 aromatic heterocycles. The van der Waals surface area contributed by atoms with Crippen LogP contribution >= 0.6 is 15.9 Å². The lowest BCUT2D eigenvalue weighted by Crippen LogP contribution is -2.22. The summed E-state index contributed by atoms with van der Waals surface area (Å²) >= 11 is 3.29. The zero-order chi connectivity index (χ0) is 18.6. The van der Waals surface area contributed by atoms with Gasteiger partial charge in [0.05, 0.1) is 6.57 Å². The molecule has 1 aliphatic heterocycles. The van der Waals surface area contributed by atoms with Gasteiger partial charge in [-0.05, 0) is 33.6 Å². The third kappa shape index (κ3) is 2.32. The molecule has 1 aliphatic rings. The lowest BCUT2D eigenvalue weighted by molar-refractivity contribution is -0.117. The van der Waals surface area contributed by atoms with Crippen LogP contribution in [0.1, 0.15) is 5.56 Å². The van der Waals surface area contributed by atoms with Crippen LogP contribution in [0.15, 0.2) is 27.7 Å². The summed E-state index contributed by atoms with van der Waals surface area (Å²) in [7, 11) is 1.54. The highest BCUT2D eigenvalue weighted by Gasteiger charge is 2.29. The number of imidazole rings is 1. The largest absolute Gasteiger partial charge is 0.300 e. The number of hydrogen-bond acceptors (Lipinski definition) is 4. The maximum atomic E-state index is 13.6. The van der Waals surface area contributed by atoms with E-state index >= 15 is 0 Å². The summed E-state index contributed by atoms with van der Waals surface area (Å²) in [5.41, 5.74) is 0.670. The smallest absolute Gasteiger partial charge is 0.283 e. The molecule has 0 saturated heterocycles. The molecule has 26 heavy (non-hydrogen) atoms. The second-order valence-corrected chi connectivity index (χ2v) is 6.49. The number of nitrogens with zero attached hydrogens (tertiary/aromatic N) is 6. The first kappa shape index (κ1) is 16.4. The average Bonchev–Trinajstić information content (AvgIpc) is 3.07. The van der Waals surface area contributed by atoms with Crippen LogP contribution in [-0.4, -0.2) is 32.1 Å². The van der Waals surface area contributed by atoms with Crippen molar-refractivity contribution in [3.8, 4) is 0 Å². The standard InChI is InChI=1S/C16H10BrFN6O2/c1-19-10-4-3-9(18)5-8(10)6-23-13-12(20-15(23)17)14(26)24-7-11(25)22(2)16(24)21-13/h3-5H,6-7H2,2H3. The molecule has 3 aromatic rings. The van der Waals surface area contributed by atoms with Gasteiger partial charge < -0.3 is 0 Å². The molecule has 0 N–H and O–H groups in total. The Bertz CT molecular complexity index is 1190. The number of likely N-dealkylation sites (N-methyl/N-ethyl adjacent to an activating group) is 1. The molecule has 8 nitrogen and oxygen atoms in total. The van der Waals surface area contributed by atoms with E-state index < -0.39 is 11.4 Å². The first-order chi connectivity index (χ1) is 12.4. The number of anilines is 1. The number of rotatable bonds is 2. The van der Waals surface area contributed by atoms with Crippen molar-refractivity contribution >= 4 is 44.6 Å². The molecule has 10 heteroatoms. The van der Waals surface area contributed by atoms with E-state index in [0.717, 1.165) is 0 Å². The zero-order valence-electron chi connectivity index (χ0n) is 13.4. The fourth-order valence-electron chi connectivity index (χ4n) is 2.90. The molecule has 1 amide bonds. The number of carbonyl (C=O) groups is 1. The van der Waals surface area contributed by atoms with Crippen LogP contribution in [0.4, 0.5) is 16.0 Å². The molecule has 0 atom stereocenters. The molecule has 0 unspecified atom stereocenters. The van der Waals surface area contributed by atoms with Crippen LogP contribution in [0.2, 0.25) is 0 Å². The highest BCUT2D eigenvalue weighted by Crippen LogP contribution is 2.26. The second kappa shape index (κ2) is 5.74. The number of amides is 1. The van der Waals surface area contributed by atoms with E-state index in [4.69, 9.17) is 6.57 Å². The van der Waals surface area contributed by atoms with E-state index in [9.17, 15) is 14.0 Å². The van der Waals surface area contributed by atoms with Gasteiger partial charge in [-0.1, -0.05) is 6.07 Å². The third-order valence-electron chi connectivity index (χ3n) is 4.25. The summed E-state index contributed by atoms with van der Waals surface area (Å²) in [5, 5.41) is 0. The first-order valence-electron chi connectivity index (χ1n) is 7.49. The average molecular weight is 417 g/mol. The van der Waals surface area contributed by atoms with Gasteiger partial charge in [-0.2, -0.15) is 4.98 Å². The molecule has 3 heterocycles. The van der Waals surface area contributed by atoms with Gasteiger partial charge in [0.1, 0.15) is 12.4 Å². The van der Waals surface area contributed by atoms with Crippen molar-refractivity contribution in [3.63, 3.8) is 0 Å². The summed E-state index contributed by atoms with van der Waals surface area (Å²) < 4.78 is 16.8. The highest BCUT2D eigenvalue weighted by atomic mass is 79.9. The van der Waals surface area contributed by atoms with Gasteiger partial charge in [-0.25, -0.2) is 14.2 Å². The summed E-state index contributed by atoms with van der Waals surface area (Å²) in [6.45, 7) is 7.25. The van der Waals surface area contributed by atoms with Crippen LogP contribution in [-0.2, 0) is 17.9 Å². The third-order valence-corrected chi connectivity index (χ3v) is 4.85. The normalized spacial score (nSPS) is 13.3. The monoisotopic (exact) mass is 416 g/mol. The van der Waals surface area contributed by atoms with Crippen molar-refractivity contribution < 1.29 is 9.18 Å². The molecule has 0 fully saturated rings. The van der Waals surface area contributed by atoms with Crippen LogP contribution in [0.5, 0.6) is 0 Å². The Morgan fingerprint density at radius 1 is 1.35 bits per heavy atom. The van der Waals surface area contributed by atoms with E-state index in [1.54, 1.807) is 11.6 Å². The van der Waals surface area contributed by atoms with E-state index in [1.807, 2.05) is 0 Å². The van der Waals surface area contributed by atoms with Crippen LogP contribution in [0, 0.1) is 12.4 Å². The van der Waals surface area contributed by atoms with Gasteiger partial charge in [-0.3, -0.25) is 23.6 Å². The summed E-state index contributed by atoms with van der Waals surface area (Å²) in [4.78, 5) is 37.8. The topological polar surface area (TPSA) is 77.4 Å². The molecule has 1 aromatic carbocycles. The predicted octanol–water partition coefficient (Wildman–Crippen LogP) is 2.07. The molecular weight excluding hydrogens is 407 g/mol. The van der Waals surface area contributed by atoms with Gasteiger partial charge >= 0.3 is 0 Å². The number of halogens is 2. The maximum absolute atomic E-state index is 13.6. The summed E-state index contributed by atoms with van der Waals surface area (Å²) in [5.74, 6) is -0.480. The van der Waals surface area contributed by atoms with Gasteiger partial charge in [0, 0.05) is 13.6 Å². The lowest BCUT2D eigenvalue weighted by Gasteiger charge is -2.10. The Morgan fingerprint density at radius 3 is 2.85 bits per heavy atom. The van der Waals surface area contributed by atoms with Crippen molar-refractivity contribution in [1.29, 1.82) is 0 Å². The van der Waals surface area contributed by atoms with Gasteiger partial charge in [0.25, 0.3) is 5.56 Å². The molecule has 4 rings (SSSR count). The zero-order valence-corrected chi connectivity index (χ0v) is 15.0. The Kier molecular flexibility index (Phi) is 3.62. The molecule has 0 radical (unpaired) electrons. The second-order valence-electron chi connectivity index (χ2n) is 5.78. The fraction of sp³-hybridized carbons (Fsp3) is 0.188. The molecular formula is C16H10BrFN6O2. The van der Waals surface area contributed by atoms with Crippen molar-refractivity contribution in [2.45, 2.75) is 13.1 Å². The Hall–Kier alpha value is -3.06. The summed E-state index contributed by atoms with van der Waals surface area (Å²) in [6.07, 6.45) is 0. The Labute approximate surface area is 154 Å². The first-order valence-corrected chi connectivity index (χ1v) is 8.29. The number of hydrogen-bond donors (Lipinski definition) is 0. The van der Waals surface area contributed by atoms with Gasteiger partial charge in [0.15, 0.2) is 21.6 Å². The van der Waals surface area contributed by atoms with Crippen molar-refractivity contribution in [2.24, 2.45) is 0 Å². The van der Waals surface area contributed by atoms with Crippen molar-refractivity contribution in [3.05, 3.63) is 56.1 Å². The predicted molar refractivity (Wildman–Crippen MR) is 94.7 cm³/mol. The molecule has 130 valence electrons. The summed E-state index contributed by atoms with van der Waals surface area (Å²) in [6, 6.07) is 3.88. The van der Waals surface area contributed by atoms with Crippen molar-refractivity contribution in [1.82, 2.24) is 19.1 Å². The van der Waals surface area contributed by atoms with Crippen LogP contribution in [0.25, 0.3) is 16.0 Å². The molecule has 0 saturated carbocycles. The SMILES string of the molecule is [C-]#[N+]c1ccc(F)cc1Cn1c(Br)nc2c(=O)n3c(nc21)N(C)C(=O)C3. The van der Waals surface area contributed by atoms with Crippen LogP contribution in [0.3, 0.4) is 0 Å². The Morgan fingerprint density at radius 2 is 2.12 bits per heavy atom. The number of aromatic nitrogens is 4. The molecule has 0 aliphatic carbocycles. The highest BCUT2D eigenvalue weighted by molar-refractivity contribution is 9.10. The number of fused-ring (bicyclic) bond motifs is 2. The number of carbonyl (C=O) groups excluding carboxylic acids is 1. The minimum Gasteiger partial charge on any atom is -0.300 e. The van der Waals surface area contributed by atoms with E-state index in [-0.39, 0.29) is 36.1 Å². The minimum atomic E-state index is -0.466. The van der Waals surface area contributed by atoms with Gasteiger partial charge in [0.2, 0.25) is 11.9 Å². The quantitative estimate of drug-likeness (QED) is 0.473. The van der Waals surface area contributed by atoms with Crippen LogP contribution < -0.4 is 10.5 Å². The lowest BCUT2D eigenvalue weighted by atomic mass is 10.1. The minimum absolute atomic E-state index is 0.0795. The molecule has 0 spiro atoms. The maximum Gasteiger partial charge on any atom is 0.283 e. The van der Waals surface area contributed by atoms with E-state index in [1.165, 1.54) is 27.7 Å². The number of benzene rings is 1. The van der Waals surface area contributed by atoms with Crippen molar-refractivity contribution in [2.75, 3.05) is 11.9 Å². The Balaban J connectivity index is 1.93. The van der Waals surface area contributed by atoms with E-state index in [2.05, 4.69) is 30.7 Å². The fourth-order valence-corrected chi connectivity index (χ4v) is 3.37. The molecule has 0 bridgehead atoms. The van der Waals surface area contributed by atoms with Gasteiger partial charge in [-0.15, -0.1) is 0 Å².